The standard InChI is InChI=1S/C11H11BrOS/c1-2-14-11(13)8-5-9-3-6-10(12)7-4-9/h3-8H,2H2,1H3/b8-5+. The lowest BCUT2D eigenvalue weighted by Gasteiger charge is -1.93. The first-order valence-electron chi connectivity index (χ1n) is 4.33. The molecule has 0 bridgehead atoms. The second-order valence-electron chi connectivity index (χ2n) is 2.64. The highest BCUT2D eigenvalue weighted by Crippen LogP contribution is 2.12. The van der Waals surface area contributed by atoms with Crippen molar-refractivity contribution in [2.45, 2.75) is 6.92 Å². The molecule has 1 nitrogen and oxygen atoms in total. The zero-order chi connectivity index (χ0) is 10.4. The fourth-order valence-electron chi connectivity index (χ4n) is 0.929. The third-order valence-electron chi connectivity index (χ3n) is 1.57. The van der Waals surface area contributed by atoms with Gasteiger partial charge in [0, 0.05) is 4.47 Å². The molecular weight excluding hydrogens is 260 g/mol. The predicted molar refractivity (Wildman–Crippen MR) is 66.3 cm³/mol. The smallest absolute Gasteiger partial charge is 0.212 e. The summed E-state index contributed by atoms with van der Waals surface area (Å²) in [5, 5.41) is 0.107. The molecule has 1 aromatic rings. The van der Waals surface area contributed by atoms with E-state index in [0.29, 0.717) is 0 Å². The van der Waals surface area contributed by atoms with Crippen LogP contribution in [0.15, 0.2) is 34.8 Å². The molecule has 0 radical (unpaired) electrons. The summed E-state index contributed by atoms with van der Waals surface area (Å²) in [6, 6.07) is 7.84. The first-order valence-corrected chi connectivity index (χ1v) is 6.10. The molecule has 0 aromatic heterocycles. The molecule has 0 unspecified atom stereocenters. The summed E-state index contributed by atoms with van der Waals surface area (Å²) in [6.07, 6.45) is 3.44. The Morgan fingerprint density at radius 3 is 2.64 bits per heavy atom. The molecule has 0 heterocycles. The minimum Gasteiger partial charge on any atom is -0.282 e. The van der Waals surface area contributed by atoms with Crippen LogP contribution in [0.4, 0.5) is 0 Å². The quantitative estimate of drug-likeness (QED) is 0.779. The van der Waals surface area contributed by atoms with Crippen molar-refractivity contribution in [2.24, 2.45) is 0 Å². The fraction of sp³-hybridized carbons (Fsp3) is 0.182. The van der Waals surface area contributed by atoms with Gasteiger partial charge < -0.3 is 0 Å². The second-order valence-corrected chi connectivity index (χ2v) is 4.82. The van der Waals surface area contributed by atoms with Crippen LogP contribution in [0.25, 0.3) is 6.08 Å². The summed E-state index contributed by atoms with van der Waals surface area (Å²) in [5.74, 6) is 0.823. The minimum atomic E-state index is 0.107. The Labute approximate surface area is 96.7 Å². The SMILES string of the molecule is CCSC(=O)/C=C/c1ccc(Br)cc1. The summed E-state index contributed by atoms with van der Waals surface area (Å²) >= 11 is 4.67. The van der Waals surface area contributed by atoms with E-state index >= 15 is 0 Å². The van der Waals surface area contributed by atoms with Crippen LogP contribution in [-0.2, 0) is 4.79 Å². The highest BCUT2D eigenvalue weighted by Gasteiger charge is 1.93. The summed E-state index contributed by atoms with van der Waals surface area (Å²) in [6.45, 7) is 1.97. The average Bonchev–Trinajstić information content (AvgIpc) is 2.17. The zero-order valence-corrected chi connectivity index (χ0v) is 10.3. The van der Waals surface area contributed by atoms with Crippen LogP contribution < -0.4 is 0 Å². The minimum absolute atomic E-state index is 0.107. The molecule has 1 rings (SSSR count). The fourth-order valence-corrected chi connectivity index (χ4v) is 1.64. The number of hydrogen-bond acceptors (Lipinski definition) is 2. The summed E-state index contributed by atoms with van der Waals surface area (Å²) in [4.78, 5) is 11.2. The number of carbonyl (C=O) groups is 1. The molecule has 0 N–H and O–H groups in total. The van der Waals surface area contributed by atoms with Gasteiger partial charge in [-0.05, 0) is 29.5 Å². The molecule has 14 heavy (non-hydrogen) atoms. The Morgan fingerprint density at radius 2 is 2.07 bits per heavy atom. The Bertz CT molecular complexity index is 330. The summed E-state index contributed by atoms with van der Waals surface area (Å²) in [7, 11) is 0. The molecular formula is C11H11BrOS. The maximum Gasteiger partial charge on any atom is 0.212 e. The van der Waals surface area contributed by atoms with Gasteiger partial charge in [0.25, 0.3) is 0 Å². The van der Waals surface area contributed by atoms with Gasteiger partial charge in [0.1, 0.15) is 0 Å². The van der Waals surface area contributed by atoms with Crippen LogP contribution in [0, 0.1) is 0 Å². The summed E-state index contributed by atoms with van der Waals surface area (Å²) < 4.78 is 1.05. The van der Waals surface area contributed by atoms with Gasteiger partial charge in [-0.25, -0.2) is 0 Å². The third-order valence-corrected chi connectivity index (χ3v) is 2.81. The maximum atomic E-state index is 11.2. The van der Waals surface area contributed by atoms with Crippen LogP contribution in [0.2, 0.25) is 0 Å². The van der Waals surface area contributed by atoms with Gasteiger partial charge in [-0.3, -0.25) is 4.79 Å². The number of benzene rings is 1. The van der Waals surface area contributed by atoms with Crippen LogP contribution in [0.5, 0.6) is 0 Å². The van der Waals surface area contributed by atoms with Crippen molar-refractivity contribution < 1.29 is 4.79 Å². The van der Waals surface area contributed by atoms with E-state index in [0.717, 1.165) is 15.8 Å². The van der Waals surface area contributed by atoms with Crippen molar-refractivity contribution in [3.8, 4) is 0 Å². The normalized spacial score (nSPS) is 10.7. The lowest BCUT2D eigenvalue weighted by atomic mass is 10.2. The van der Waals surface area contributed by atoms with Crippen molar-refractivity contribution in [3.63, 3.8) is 0 Å². The van der Waals surface area contributed by atoms with Gasteiger partial charge in [-0.2, -0.15) is 0 Å². The number of halogens is 1. The van der Waals surface area contributed by atoms with Gasteiger partial charge in [0.15, 0.2) is 0 Å². The largest absolute Gasteiger partial charge is 0.282 e. The van der Waals surface area contributed by atoms with E-state index in [-0.39, 0.29) is 5.12 Å². The van der Waals surface area contributed by atoms with E-state index in [1.807, 2.05) is 37.3 Å². The number of hydrogen-bond donors (Lipinski definition) is 0. The van der Waals surface area contributed by atoms with Crippen molar-refractivity contribution in [2.75, 3.05) is 5.75 Å². The Morgan fingerprint density at radius 1 is 1.43 bits per heavy atom. The highest BCUT2D eigenvalue weighted by molar-refractivity contribution is 9.10. The van der Waals surface area contributed by atoms with E-state index in [1.54, 1.807) is 6.08 Å². The van der Waals surface area contributed by atoms with Crippen molar-refractivity contribution in [1.29, 1.82) is 0 Å². The van der Waals surface area contributed by atoms with E-state index in [9.17, 15) is 4.79 Å². The molecule has 3 heteroatoms. The highest BCUT2D eigenvalue weighted by atomic mass is 79.9. The third kappa shape index (κ3) is 4.11. The average molecular weight is 271 g/mol. The van der Waals surface area contributed by atoms with Crippen LogP contribution in [-0.4, -0.2) is 10.9 Å². The Kier molecular flexibility index (Phi) is 4.98. The number of rotatable bonds is 3. The molecule has 0 spiro atoms. The molecule has 0 saturated carbocycles. The predicted octanol–water partition coefficient (Wildman–Crippen LogP) is 3.74. The molecule has 0 fully saturated rings. The Hall–Kier alpha value is -0.540. The molecule has 0 aliphatic rings. The second kappa shape index (κ2) is 6.04. The topological polar surface area (TPSA) is 17.1 Å². The lowest BCUT2D eigenvalue weighted by molar-refractivity contribution is -0.106. The van der Waals surface area contributed by atoms with Crippen LogP contribution in [0.1, 0.15) is 12.5 Å². The van der Waals surface area contributed by atoms with Gasteiger partial charge in [0.05, 0.1) is 0 Å². The summed E-state index contributed by atoms with van der Waals surface area (Å²) in [5.41, 5.74) is 1.04. The number of carbonyl (C=O) groups excluding carboxylic acids is 1. The van der Waals surface area contributed by atoms with Crippen molar-refractivity contribution >= 4 is 38.9 Å². The van der Waals surface area contributed by atoms with Crippen molar-refractivity contribution in [1.82, 2.24) is 0 Å². The van der Waals surface area contributed by atoms with Gasteiger partial charge in [-0.1, -0.05) is 52.8 Å². The molecule has 0 atom stereocenters. The van der Waals surface area contributed by atoms with E-state index in [4.69, 9.17) is 0 Å². The van der Waals surface area contributed by atoms with Crippen LogP contribution >= 0.6 is 27.7 Å². The van der Waals surface area contributed by atoms with E-state index < -0.39 is 0 Å². The van der Waals surface area contributed by atoms with Crippen molar-refractivity contribution in [3.05, 3.63) is 40.4 Å². The van der Waals surface area contributed by atoms with Gasteiger partial charge >= 0.3 is 0 Å². The van der Waals surface area contributed by atoms with E-state index in [2.05, 4.69) is 15.9 Å². The maximum absolute atomic E-state index is 11.2. The van der Waals surface area contributed by atoms with E-state index in [1.165, 1.54) is 11.8 Å². The lowest BCUT2D eigenvalue weighted by Crippen LogP contribution is -1.84. The number of thioether (sulfide) groups is 1. The molecule has 0 aliphatic heterocycles. The first-order chi connectivity index (χ1) is 6.72. The molecule has 0 amide bonds. The van der Waals surface area contributed by atoms with Gasteiger partial charge in [-0.15, -0.1) is 0 Å². The molecule has 0 aliphatic carbocycles. The monoisotopic (exact) mass is 270 g/mol. The molecule has 1 aromatic carbocycles. The first kappa shape index (κ1) is 11.5. The van der Waals surface area contributed by atoms with Gasteiger partial charge in [0.2, 0.25) is 5.12 Å². The Balaban J connectivity index is 2.60. The molecule has 0 saturated heterocycles. The van der Waals surface area contributed by atoms with Crippen LogP contribution in [0.3, 0.4) is 0 Å². The zero-order valence-electron chi connectivity index (χ0n) is 7.87. The molecule has 74 valence electrons.